The number of hydrogen-bond acceptors (Lipinski definition) is 5. The van der Waals surface area contributed by atoms with Crippen LogP contribution in [0.3, 0.4) is 0 Å². The summed E-state index contributed by atoms with van der Waals surface area (Å²) in [6.07, 6.45) is 6.38. The van der Waals surface area contributed by atoms with E-state index in [9.17, 15) is 18.8 Å². The highest BCUT2D eigenvalue weighted by Crippen LogP contribution is 2.37. The average Bonchev–Trinajstić information content (AvgIpc) is 2.71. The van der Waals surface area contributed by atoms with Crippen LogP contribution >= 0.6 is 11.6 Å². The summed E-state index contributed by atoms with van der Waals surface area (Å²) >= 11 is 6.21. The minimum absolute atomic E-state index is 0.0445. The lowest BCUT2D eigenvalue weighted by atomic mass is 10.1. The topological polar surface area (TPSA) is 84.9 Å². The maximum atomic E-state index is 14.1. The number of urea groups is 1. The van der Waals surface area contributed by atoms with E-state index < -0.39 is 29.2 Å². The van der Waals surface area contributed by atoms with Gasteiger partial charge in [0, 0.05) is 0 Å². The molecular weight excluding hydrogens is 415 g/mol. The molecule has 0 aliphatic carbocycles. The second-order valence-electron chi connectivity index (χ2n) is 5.94. The van der Waals surface area contributed by atoms with Crippen molar-refractivity contribution in [3.8, 4) is 23.8 Å². The second-order valence-corrected chi connectivity index (χ2v) is 6.34. The molecule has 2 aromatic carbocycles. The van der Waals surface area contributed by atoms with Gasteiger partial charge in [-0.1, -0.05) is 29.7 Å². The summed E-state index contributed by atoms with van der Waals surface area (Å²) in [5.74, 6) is -0.000586. The number of amides is 4. The molecule has 1 heterocycles. The second kappa shape index (κ2) is 8.68. The molecule has 0 atom stereocenters. The van der Waals surface area contributed by atoms with Gasteiger partial charge in [-0.3, -0.25) is 14.9 Å². The Balaban J connectivity index is 2.04. The predicted octanol–water partition coefficient (Wildman–Crippen LogP) is 3.17. The summed E-state index contributed by atoms with van der Waals surface area (Å²) in [6, 6.07) is 7.04. The number of imide groups is 2. The first-order valence-corrected chi connectivity index (χ1v) is 8.85. The Labute approximate surface area is 176 Å². The molecule has 3 rings (SSSR count). The van der Waals surface area contributed by atoms with Gasteiger partial charge in [0.25, 0.3) is 11.8 Å². The van der Waals surface area contributed by atoms with Gasteiger partial charge in [0.1, 0.15) is 18.0 Å². The number of ether oxygens (including phenoxy) is 2. The lowest BCUT2D eigenvalue weighted by molar-refractivity contribution is -0.122. The zero-order valence-corrected chi connectivity index (χ0v) is 16.3. The maximum Gasteiger partial charge on any atom is 0.336 e. The number of para-hydroxylation sites is 1. The van der Waals surface area contributed by atoms with Gasteiger partial charge in [-0.2, -0.15) is 0 Å². The molecule has 0 radical (unpaired) electrons. The summed E-state index contributed by atoms with van der Waals surface area (Å²) in [5.41, 5.74) is -0.369. The normalized spacial score (nSPS) is 15.1. The first-order valence-electron chi connectivity index (χ1n) is 8.47. The summed E-state index contributed by atoms with van der Waals surface area (Å²) < 4.78 is 24.7. The monoisotopic (exact) mass is 428 g/mol. The highest BCUT2D eigenvalue weighted by atomic mass is 35.5. The molecule has 0 saturated carbocycles. The third kappa shape index (κ3) is 3.97. The van der Waals surface area contributed by atoms with Gasteiger partial charge in [0.15, 0.2) is 11.5 Å². The van der Waals surface area contributed by atoms with E-state index in [0.29, 0.717) is 10.5 Å². The van der Waals surface area contributed by atoms with Crippen LogP contribution in [0.1, 0.15) is 5.56 Å². The average molecular weight is 429 g/mol. The summed E-state index contributed by atoms with van der Waals surface area (Å²) in [4.78, 5) is 37.8. The van der Waals surface area contributed by atoms with Gasteiger partial charge >= 0.3 is 6.03 Å². The van der Waals surface area contributed by atoms with Crippen LogP contribution in [0.5, 0.6) is 11.5 Å². The molecule has 152 valence electrons. The van der Waals surface area contributed by atoms with Gasteiger partial charge in [0.2, 0.25) is 0 Å². The molecule has 7 nitrogen and oxygen atoms in total. The van der Waals surface area contributed by atoms with Gasteiger partial charge in [0.05, 0.1) is 17.8 Å². The number of carbonyl (C=O) groups excluding carboxylic acids is 3. The SMILES string of the molecule is C#CCOc1c(Cl)cc(C=C2C(=O)NC(=O)N(c3ccccc3F)C2=O)cc1OC. The number of barbiturate groups is 1. The van der Waals surface area contributed by atoms with Crippen molar-refractivity contribution in [3.63, 3.8) is 0 Å². The molecule has 2 aromatic rings. The first kappa shape index (κ1) is 20.9. The van der Waals surface area contributed by atoms with Crippen LogP contribution in [0.2, 0.25) is 5.02 Å². The van der Waals surface area contributed by atoms with Crippen molar-refractivity contribution in [3.05, 3.63) is 58.4 Å². The van der Waals surface area contributed by atoms with Gasteiger partial charge in [-0.25, -0.2) is 14.1 Å². The number of halogens is 2. The fraction of sp³-hybridized carbons (Fsp3) is 0.0952. The first-order chi connectivity index (χ1) is 14.4. The third-order valence-corrected chi connectivity index (χ3v) is 4.34. The number of nitrogens with one attached hydrogen (secondary N) is 1. The highest BCUT2D eigenvalue weighted by molar-refractivity contribution is 6.39. The van der Waals surface area contributed by atoms with E-state index in [1.165, 1.54) is 43.5 Å². The highest BCUT2D eigenvalue weighted by Gasteiger charge is 2.38. The molecule has 0 aromatic heterocycles. The Kier molecular flexibility index (Phi) is 6.04. The molecule has 1 aliphatic heterocycles. The molecule has 1 fully saturated rings. The zero-order valence-electron chi connectivity index (χ0n) is 15.6. The van der Waals surface area contributed by atoms with Crippen molar-refractivity contribution in [1.29, 1.82) is 0 Å². The van der Waals surface area contributed by atoms with Gasteiger partial charge < -0.3 is 9.47 Å². The maximum absolute atomic E-state index is 14.1. The Morgan fingerprint density at radius 2 is 2.00 bits per heavy atom. The number of hydrogen-bond donors (Lipinski definition) is 1. The third-order valence-electron chi connectivity index (χ3n) is 4.06. The van der Waals surface area contributed by atoms with Crippen LogP contribution in [0.15, 0.2) is 42.0 Å². The van der Waals surface area contributed by atoms with E-state index in [4.69, 9.17) is 27.5 Å². The lowest BCUT2D eigenvalue weighted by Crippen LogP contribution is -2.54. The number of methoxy groups -OCH3 is 1. The van der Waals surface area contributed by atoms with E-state index in [-0.39, 0.29) is 28.8 Å². The van der Waals surface area contributed by atoms with Crippen LogP contribution in [-0.2, 0) is 9.59 Å². The molecular formula is C21H14ClFN2O5. The molecule has 4 amide bonds. The van der Waals surface area contributed by atoms with E-state index in [0.717, 1.165) is 6.07 Å². The van der Waals surface area contributed by atoms with Crippen LogP contribution in [0.4, 0.5) is 14.9 Å². The minimum Gasteiger partial charge on any atom is -0.493 e. The molecule has 9 heteroatoms. The Morgan fingerprint density at radius 3 is 2.67 bits per heavy atom. The fourth-order valence-electron chi connectivity index (χ4n) is 2.75. The van der Waals surface area contributed by atoms with Crippen molar-refractivity contribution < 1.29 is 28.2 Å². The number of terminal acetylenes is 1. The smallest absolute Gasteiger partial charge is 0.336 e. The van der Waals surface area contributed by atoms with Crippen LogP contribution in [0, 0.1) is 18.2 Å². The van der Waals surface area contributed by atoms with Gasteiger partial charge in [-0.15, -0.1) is 6.42 Å². The molecule has 0 spiro atoms. The van der Waals surface area contributed by atoms with Crippen LogP contribution in [0.25, 0.3) is 6.08 Å². The summed E-state index contributed by atoms with van der Waals surface area (Å²) in [6.45, 7) is -0.0445. The predicted molar refractivity (Wildman–Crippen MR) is 108 cm³/mol. The van der Waals surface area contributed by atoms with E-state index >= 15 is 0 Å². The molecule has 30 heavy (non-hydrogen) atoms. The summed E-state index contributed by atoms with van der Waals surface area (Å²) in [5, 5.41) is 2.15. The van der Waals surface area contributed by atoms with Gasteiger partial charge in [-0.05, 0) is 35.9 Å². The number of benzene rings is 2. The van der Waals surface area contributed by atoms with Crippen molar-refractivity contribution in [2.24, 2.45) is 0 Å². The Hall–Kier alpha value is -3.83. The van der Waals surface area contributed by atoms with Crippen molar-refractivity contribution in [1.82, 2.24) is 5.32 Å². The molecule has 1 saturated heterocycles. The van der Waals surface area contributed by atoms with Crippen LogP contribution in [-0.4, -0.2) is 31.6 Å². The van der Waals surface area contributed by atoms with Crippen LogP contribution < -0.4 is 19.7 Å². The van der Waals surface area contributed by atoms with E-state index in [2.05, 4.69) is 5.92 Å². The van der Waals surface area contributed by atoms with Crippen molar-refractivity contribution in [2.45, 2.75) is 0 Å². The van der Waals surface area contributed by atoms with E-state index in [1.54, 1.807) is 0 Å². The Bertz CT molecular complexity index is 1120. The number of rotatable bonds is 5. The largest absolute Gasteiger partial charge is 0.493 e. The molecule has 0 unspecified atom stereocenters. The lowest BCUT2D eigenvalue weighted by Gasteiger charge is -2.26. The quantitative estimate of drug-likeness (QED) is 0.449. The minimum atomic E-state index is -1.05. The van der Waals surface area contributed by atoms with E-state index in [1.807, 2.05) is 5.32 Å². The fourth-order valence-corrected chi connectivity index (χ4v) is 3.03. The molecule has 0 bridgehead atoms. The van der Waals surface area contributed by atoms with Crippen molar-refractivity contribution in [2.75, 3.05) is 18.6 Å². The van der Waals surface area contributed by atoms with Crippen molar-refractivity contribution >= 4 is 41.2 Å². The number of nitrogens with zero attached hydrogens (tertiary/aromatic N) is 1. The Morgan fingerprint density at radius 1 is 1.27 bits per heavy atom. The number of anilines is 1. The number of carbonyl (C=O) groups is 3. The summed E-state index contributed by atoms with van der Waals surface area (Å²) in [7, 11) is 1.38. The standard InChI is InChI=1S/C21H14ClFN2O5/c1-3-8-30-18-14(22)10-12(11-17(18)29-2)9-13-19(26)24-21(28)25(20(13)27)16-7-5-4-6-15(16)23/h1,4-7,9-11H,8H2,2H3,(H,24,26,28). The molecule has 1 aliphatic rings. The zero-order chi connectivity index (χ0) is 21.8. The molecule has 1 N–H and O–H groups in total.